The van der Waals surface area contributed by atoms with E-state index >= 15 is 0 Å². The lowest BCUT2D eigenvalue weighted by molar-refractivity contribution is 0.284. The molecule has 1 aliphatic rings. The Bertz CT molecular complexity index is 348. The van der Waals surface area contributed by atoms with E-state index in [0.717, 1.165) is 11.8 Å². The van der Waals surface area contributed by atoms with Crippen LogP contribution in [0, 0.1) is 5.92 Å². The van der Waals surface area contributed by atoms with Crippen molar-refractivity contribution in [3.05, 3.63) is 29.8 Å². The van der Waals surface area contributed by atoms with Crippen molar-refractivity contribution in [1.82, 2.24) is 4.90 Å². The molecule has 2 rings (SSSR count). The lowest BCUT2D eigenvalue weighted by Crippen LogP contribution is -2.28. The number of rotatable bonds is 4. The van der Waals surface area contributed by atoms with E-state index in [-0.39, 0.29) is 0 Å². The van der Waals surface area contributed by atoms with E-state index < -0.39 is 0 Å². The Labute approximate surface area is 103 Å². The van der Waals surface area contributed by atoms with Crippen molar-refractivity contribution in [1.29, 1.82) is 0 Å². The normalized spacial score (nSPS) is 19.4. The molecule has 0 saturated carbocycles. The molecule has 0 aliphatic carbocycles. The molecule has 0 bridgehead atoms. The van der Waals surface area contributed by atoms with Crippen LogP contribution >= 0.6 is 11.8 Å². The summed E-state index contributed by atoms with van der Waals surface area (Å²) in [4.78, 5) is 3.96. The standard InChI is InChI=1S/C14H21NS/c1-11(2)8-15(3)9-12-10-16-14-7-5-4-6-13(12)14/h4-7,11-12H,8-10H2,1-3H3. The van der Waals surface area contributed by atoms with Crippen molar-refractivity contribution in [2.24, 2.45) is 5.92 Å². The summed E-state index contributed by atoms with van der Waals surface area (Å²) >= 11 is 2.01. The van der Waals surface area contributed by atoms with Gasteiger partial charge in [0.15, 0.2) is 0 Å². The maximum absolute atomic E-state index is 2.47. The van der Waals surface area contributed by atoms with E-state index in [1.807, 2.05) is 11.8 Å². The average Bonchev–Trinajstić information content (AvgIpc) is 2.61. The SMILES string of the molecule is CC(C)CN(C)CC1CSc2ccccc21. The second kappa shape index (κ2) is 5.24. The van der Waals surface area contributed by atoms with Crippen LogP contribution in [0.25, 0.3) is 0 Å². The zero-order chi connectivity index (χ0) is 11.5. The van der Waals surface area contributed by atoms with Crippen LogP contribution in [0.5, 0.6) is 0 Å². The minimum atomic E-state index is 0.727. The Balaban J connectivity index is 1.98. The van der Waals surface area contributed by atoms with Crippen molar-refractivity contribution in [2.45, 2.75) is 24.7 Å². The van der Waals surface area contributed by atoms with Crippen LogP contribution in [0.15, 0.2) is 29.2 Å². The van der Waals surface area contributed by atoms with Gasteiger partial charge in [-0.05, 0) is 24.6 Å². The number of hydrogen-bond donors (Lipinski definition) is 0. The predicted molar refractivity (Wildman–Crippen MR) is 72.2 cm³/mol. The van der Waals surface area contributed by atoms with Gasteiger partial charge < -0.3 is 4.90 Å². The van der Waals surface area contributed by atoms with E-state index in [1.165, 1.54) is 23.7 Å². The Morgan fingerprint density at radius 3 is 2.88 bits per heavy atom. The number of benzene rings is 1. The lowest BCUT2D eigenvalue weighted by Gasteiger charge is -2.22. The third kappa shape index (κ3) is 2.80. The molecule has 88 valence electrons. The molecule has 1 aromatic rings. The van der Waals surface area contributed by atoms with E-state index in [4.69, 9.17) is 0 Å². The highest BCUT2D eigenvalue weighted by Gasteiger charge is 2.23. The molecule has 1 nitrogen and oxygen atoms in total. The highest BCUT2D eigenvalue weighted by molar-refractivity contribution is 7.99. The van der Waals surface area contributed by atoms with Gasteiger partial charge in [0, 0.05) is 29.7 Å². The van der Waals surface area contributed by atoms with Gasteiger partial charge in [-0.15, -0.1) is 11.8 Å². The topological polar surface area (TPSA) is 3.24 Å². The number of likely N-dealkylation sites (N-methyl/N-ethyl adjacent to an activating group) is 1. The van der Waals surface area contributed by atoms with Crippen molar-refractivity contribution < 1.29 is 0 Å². The molecule has 0 saturated heterocycles. The maximum Gasteiger partial charge on any atom is 0.0108 e. The second-order valence-corrected chi connectivity index (χ2v) is 6.22. The maximum atomic E-state index is 2.47. The number of hydrogen-bond acceptors (Lipinski definition) is 2. The molecule has 1 atom stereocenters. The molecule has 1 heterocycles. The van der Waals surface area contributed by atoms with Gasteiger partial charge in [0.05, 0.1) is 0 Å². The molecule has 2 heteroatoms. The molecule has 0 radical (unpaired) electrons. The fourth-order valence-corrected chi connectivity index (χ4v) is 3.70. The van der Waals surface area contributed by atoms with E-state index in [2.05, 4.69) is 50.1 Å². The van der Waals surface area contributed by atoms with E-state index in [0.29, 0.717) is 0 Å². The van der Waals surface area contributed by atoms with Gasteiger partial charge in [-0.1, -0.05) is 32.0 Å². The largest absolute Gasteiger partial charge is 0.305 e. The smallest absolute Gasteiger partial charge is 0.0108 e. The van der Waals surface area contributed by atoms with Gasteiger partial charge in [-0.2, -0.15) is 0 Å². The summed E-state index contributed by atoms with van der Waals surface area (Å²) in [7, 11) is 2.24. The fourth-order valence-electron chi connectivity index (χ4n) is 2.45. The average molecular weight is 235 g/mol. The molecule has 0 fully saturated rings. The second-order valence-electron chi connectivity index (χ2n) is 5.16. The van der Waals surface area contributed by atoms with Crippen LogP contribution in [0.3, 0.4) is 0 Å². The Morgan fingerprint density at radius 1 is 1.38 bits per heavy atom. The highest BCUT2D eigenvalue weighted by Crippen LogP contribution is 2.39. The Kier molecular flexibility index (Phi) is 3.93. The summed E-state index contributed by atoms with van der Waals surface area (Å²) in [6.07, 6.45) is 0. The molecular formula is C14H21NS. The van der Waals surface area contributed by atoms with E-state index in [9.17, 15) is 0 Å². The molecule has 0 spiro atoms. The van der Waals surface area contributed by atoms with Crippen molar-refractivity contribution in [2.75, 3.05) is 25.9 Å². The molecule has 0 aromatic heterocycles. The monoisotopic (exact) mass is 235 g/mol. The number of fused-ring (bicyclic) bond motifs is 1. The van der Waals surface area contributed by atoms with Crippen molar-refractivity contribution >= 4 is 11.8 Å². The van der Waals surface area contributed by atoms with Crippen molar-refractivity contribution in [3.63, 3.8) is 0 Å². The van der Waals surface area contributed by atoms with Gasteiger partial charge in [-0.3, -0.25) is 0 Å². The molecule has 0 N–H and O–H groups in total. The molecule has 1 aliphatic heterocycles. The van der Waals surface area contributed by atoms with Gasteiger partial charge in [-0.25, -0.2) is 0 Å². The van der Waals surface area contributed by atoms with E-state index in [1.54, 1.807) is 5.56 Å². The number of thioether (sulfide) groups is 1. The summed E-state index contributed by atoms with van der Waals surface area (Å²) in [5.41, 5.74) is 1.56. The zero-order valence-electron chi connectivity index (χ0n) is 10.4. The minimum Gasteiger partial charge on any atom is -0.305 e. The summed E-state index contributed by atoms with van der Waals surface area (Å²) in [6, 6.07) is 8.86. The first-order valence-electron chi connectivity index (χ1n) is 6.07. The highest BCUT2D eigenvalue weighted by atomic mass is 32.2. The Morgan fingerprint density at radius 2 is 2.12 bits per heavy atom. The summed E-state index contributed by atoms with van der Waals surface area (Å²) in [6.45, 7) is 6.97. The van der Waals surface area contributed by atoms with Gasteiger partial charge >= 0.3 is 0 Å². The van der Waals surface area contributed by atoms with Crippen LogP contribution in [0.4, 0.5) is 0 Å². The first-order valence-corrected chi connectivity index (χ1v) is 7.05. The molecule has 0 amide bonds. The number of nitrogens with zero attached hydrogens (tertiary/aromatic N) is 1. The fraction of sp³-hybridized carbons (Fsp3) is 0.571. The Hall–Kier alpha value is -0.470. The van der Waals surface area contributed by atoms with Crippen molar-refractivity contribution in [3.8, 4) is 0 Å². The summed E-state index contributed by atoms with van der Waals surface area (Å²) in [5, 5.41) is 0. The molecule has 16 heavy (non-hydrogen) atoms. The molecule has 1 unspecified atom stereocenters. The van der Waals surface area contributed by atoms with Crippen LogP contribution in [-0.2, 0) is 0 Å². The molecular weight excluding hydrogens is 214 g/mol. The minimum absolute atomic E-state index is 0.727. The first-order chi connectivity index (χ1) is 7.66. The van der Waals surface area contributed by atoms with Crippen LogP contribution in [0.1, 0.15) is 25.3 Å². The predicted octanol–water partition coefficient (Wildman–Crippen LogP) is 3.46. The van der Waals surface area contributed by atoms with Gasteiger partial charge in [0.1, 0.15) is 0 Å². The van der Waals surface area contributed by atoms with Crippen LogP contribution in [0.2, 0.25) is 0 Å². The van der Waals surface area contributed by atoms with Crippen LogP contribution < -0.4 is 0 Å². The third-order valence-electron chi connectivity index (χ3n) is 3.01. The third-order valence-corrected chi connectivity index (χ3v) is 4.26. The van der Waals surface area contributed by atoms with Crippen LogP contribution in [-0.4, -0.2) is 30.8 Å². The summed E-state index contributed by atoms with van der Waals surface area (Å²) in [5.74, 6) is 2.74. The zero-order valence-corrected chi connectivity index (χ0v) is 11.3. The first kappa shape index (κ1) is 12.0. The quantitative estimate of drug-likeness (QED) is 0.786. The molecule has 1 aromatic carbocycles. The van der Waals surface area contributed by atoms with Gasteiger partial charge in [0.2, 0.25) is 0 Å². The lowest BCUT2D eigenvalue weighted by atomic mass is 10.0. The summed E-state index contributed by atoms with van der Waals surface area (Å²) < 4.78 is 0. The van der Waals surface area contributed by atoms with Gasteiger partial charge in [0.25, 0.3) is 0 Å².